The lowest BCUT2D eigenvalue weighted by molar-refractivity contribution is 0.0502. The Morgan fingerprint density at radius 1 is 1.21 bits per heavy atom. The van der Waals surface area contributed by atoms with Gasteiger partial charge in [0.25, 0.3) is 0 Å². The maximum absolute atomic E-state index is 13.1. The molecule has 3 aromatic rings. The van der Waals surface area contributed by atoms with E-state index in [2.05, 4.69) is 15.5 Å². The first-order valence-corrected chi connectivity index (χ1v) is 8.86. The molecule has 0 aliphatic carbocycles. The van der Waals surface area contributed by atoms with Crippen LogP contribution in [0.15, 0.2) is 40.8 Å². The highest BCUT2D eigenvalue weighted by Crippen LogP contribution is 2.34. The molecule has 0 spiro atoms. The average Bonchev–Trinajstić information content (AvgIpc) is 3.12. The molecule has 0 saturated heterocycles. The van der Waals surface area contributed by atoms with Gasteiger partial charge in [-0.05, 0) is 62.7 Å². The first-order chi connectivity index (χ1) is 13.2. The zero-order valence-corrected chi connectivity index (χ0v) is 16.3. The average molecular weight is 401 g/mol. The molecule has 0 unspecified atom stereocenters. The molecule has 6 nitrogen and oxygen atoms in total. The van der Waals surface area contributed by atoms with E-state index in [4.69, 9.17) is 21.3 Å². The van der Waals surface area contributed by atoms with Gasteiger partial charge in [0.1, 0.15) is 17.9 Å². The number of halogens is 2. The van der Waals surface area contributed by atoms with Crippen LogP contribution in [0.2, 0.25) is 5.02 Å². The van der Waals surface area contributed by atoms with Crippen molar-refractivity contribution in [3.05, 3.63) is 64.3 Å². The van der Waals surface area contributed by atoms with Crippen molar-refractivity contribution in [3.8, 4) is 17.5 Å². The summed E-state index contributed by atoms with van der Waals surface area (Å²) in [5.41, 5.74) is 0.943. The molecule has 1 aromatic heterocycles. The van der Waals surface area contributed by atoms with E-state index in [1.165, 1.54) is 24.3 Å². The summed E-state index contributed by atoms with van der Waals surface area (Å²) in [5.74, 6) is 0.0000308. The highest BCUT2D eigenvalue weighted by atomic mass is 35.5. The van der Waals surface area contributed by atoms with E-state index in [0.29, 0.717) is 27.4 Å². The summed E-state index contributed by atoms with van der Waals surface area (Å²) in [5, 5.41) is 31.3. The smallest absolute Gasteiger partial charge is 0.247 e. The number of nitrogens with zero attached hydrogens (tertiary/aromatic N) is 3. The van der Waals surface area contributed by atoms with Gasteiger partial charge < -0.3 is 14.8 Å². The summed E-state index contributed by atoms with van der Waals surface area (Å²) < 4.78 is 18.9. The van der Waals surface area contributed by atoms with E-state index >= 15 is 0 Å². The molecule has 0 bridgehead atoms. The summed E-state index contributed by atoms with van der Waals surface area (Å²) in [6, 6.07) is 10.2. The van der Waals surface area contributed by atoms with Crippen LogP contribution in [0.5, 0.6) is 0 Å². The molecule has 0 saturated carbocycles. The van der Waals surface area contributed by atoms with Crippen molar-refractivity contribution < 1.29 is 13.9 Å². The fraction of sp³-hybridized carbons (Fsp3) is 0.250. The van der Waals surface area contributed by atoms with Gasteiger partial charge in [0.15, 0.2) is 0 Å². The molecule has 3 rings (SSSR count). The van der Waals surface area contributed by atoms with Gasteiger partial charge in [-0.15, -0.1) is 10.2 Å². The van der Waals surface area contributed by atoms with E-state index in [0.717, 1.165) is 0 Å². The molecule has 0 amide bonds. The quantitative estimate of drug-likeness (QED) is 0.648. The number of aromatic nitrogens is 2. The second-order valence-electron chi connectivity index (χ2n) is 6.89. The van der Waals surface area contributed by atoms with E-state index in [1.54, 1.807) is 32.9 Å². The van der Waals surface area contributed by atoms with E-state index in [1.807, 2.05) is 6.07 Å². The molecule has 0 radical (unpaired) electrons. The Labute approximate surface area is 166 Å². The summed E-state index contributed by atoms with van der Waals surface area (Å²) in [4.78, 5) is 0. The van der Waals surface area contributed by atoms with Crippen molar-refractivity contribution in [2.75, 3.05) is 5.32 Å². The van der Waals surface area contributed by atoms with Crippen molar-refractivity contribution >= 4 is 17.3 Å². The minimum absolute atomic E-state index is 0.159. The van der Waals surface area contributed by atoms with Gasteiger partial charge in [-0.3, -0.25) is 0 Å². The molecule has 0 aliphatic heterocycles. The molecule has 2 N–H and O–H groups in total. The molecular formula is C20H18ClFN4O2. The lowest BCUT2D eigenvalue weighted by Crippen LogP contribution is -2.34. The Balaban J connectivity index is 1.96. The third-order valence-corrected chi connectivity index (χ3v) is 4.78. The molecule has 144 valence electrons. The number of anilines is 1. The molecular weight excluding hydrogens is 383 g/mol. The van der Waals surface area contributed by atoms with Crippen LogP contribution in [0.3, 0.4) is 0 Å². The summed E-state index contributed by atoms with van der Waals surface area (Å²) in [6.07, 6.45) is 0. The monoisotopic (exact) mass is 400 g/mol. The van der Waals surface area contributed by atoms with Gasteiger partial charge >= 0.3 is 0 Å². The molecule has 1 heterocycles. The van der Waals surface area contributed by atoms with Crippen LogP contribution in [-0.2, 0) is 0 Å². The molecule has 8 heteroatoms. The van der Waals surface area contributed by atoms with Crippen molar-refractivity contribution in [3.63, 3.8) is 0 Å². The molecule has 0 fully saturated rings. The Kier molecular flexibility index (Phi) is 5.36. The standard InChI is InChI=1S/C20H18ClFN4O2/c1-11-15(9-6-13(10-23)16(11)21)24-17(20(2,3)27)19-26-25-18(28-19)12-4-7-14(22)8-5-12/h4-9,17,24,27H,1-3H3/t17-/m0/s1. The Hall–Kier alpha value is -2.95. The number of nitrogens with one attached hydrogen (secondary N) is 1. The fourth-order valence-corrected chi connectivity index (χ4v) is 2.89. The van der Waals surface area contributed by atoms with Gasteiger partial charge in [-0.1, -0.05) is 11.6 Å². The van der Waals surface area contributed by atoms with Crippen molar-refractivity contribution in [1.29, 1.82) is 5.26 Å². The Morgan fingerprint density at radius 3 is 2.50 bits per heavy atom. The molecule has 2 aromatic carbocycles. The third-order valence-electron chi connectivity index (χ3n) is 4.29. The Bertz CT molecular complexity index is 1040. The number of rotatable bonds is 5. The minimum atomic E-state index is -1.26. The zero-order valence-electron chi connectivity index (χ0n) is 15.5. The zero-order chi connectivity index (χ0) is 20.5. The summed E-state index contributed by atoms with van der Waals surface area (Å²) >= 11 is 6.23. The van der Waals surface area contributed by atoms with Gasteiger partial charge in [0.05, 0.1) is 16.2 Å². The lowest BCUT2D eigenvalue weighted by atomic mass is 9.97. The van der Waals surface area contributed by atoms with Crippen LogP contribution in [0.25, 0.3) is 11.5 Å². The topological polar surface area (TPSA) is 95.0 Å². The second kappa shape index (κ2) is 7.58. The largest absolute Gasteiger partial charge is 0.418 e. The highest BCUT2D eigenvalue weighted by molar-refractivity contribution is 6.32. The van der Waals surface area contributed by atoms with Crippen LogP contribution < -0.4 is 5.32 Å². The molecule has 1 atom stereocenters. The van der Waals surface area contributed by atoms with Crippen LogP contribution in [0, 0.1) is 24.1 Å². The number of nitriles is 1. The van der Waals surface area contributed by atoms with Gasteiger partial charge in [-0.2, -0.15) is 5.26 Å². The minimum Gasteiger partial charge on any atom is -0.418 e. The molecule has 28 heavy (non-hydrogen) atoms. The van der Waals surface area contributed by atoms with Crippen LogP contribution in [0.1, 0.15) is 36.9 Å². The third kappa shape index (κ3) is 3.98. The van der Waals surface area contributed by atoms with Crippen LogP contribution in [0.4, 0.5) is 10.1 Å². The fourth-order valence-electron chi connectivity index (χ4n) is 2.68. The first-order valence-electron chi connectivity index (χ1n) is 8.48. The predicted octanol–water partition coefficient (Wildman–Crippen LogP) is 4.63. The first kappa shape index (κ1) is 19.8. The molecule has 0 aliphatic rings. The van der Waals surface area contributed by atoms with Crippen LogP contribution >= 0.6 is 11.6 Å². The lowest BCUT2D eigenvalue weighted by Gasteiger charge is -2.29. The SMILES string of the molecule is Cc1c(N[C@@H](c2nnc(-c3ccc(F)cc3)o2)C(C)(C)O)ccc(C#N)c1Cl. The highest BCUT2D eigenvalue weighted by Gasteiger charge is 2.34. The summed E-state index contributed by atoms with van der Waals surface area (Å²) in [7, 11) is 0. The van der Waals surface area contributed by atoms with Crippen LogP contribution in [-0.4, -0.2) is 20.9 Å². The van der Waals surface area contributed by atoms with Gasteiger partial charge in [-0.25, -0.2) is 4.39 Å². The van der Waals surface area contributed by atoms with Crippen molar-refractivity contribution in [1.82, 2.24) is 10.2 Å². The van der Waals surface area contributed by atoms with Gasteiger partial charge in [0, 0.05) is 11.3 Å². The van der Waals surface area contributed by atoms with E-state index in [9.17, 15) is 9.50 Å². The maximum Gasteiger partial charge on any atom is 0.247 e. The predicted molar refractivity (Wildman–Crippen MR) is 103 cm³/mol. The normalized spacial score (nSPS) is 12.5. The number of hydrogen-bond acceptors (Lipinski definition) is 6. The number of hydrogen-bond donors (Lipinski definition) is 2. The number of benzene rings is 2. The van der Waals surface area contributed by atoms with Crippen molar-refractivity contribution in [2.45, 2.75) is 32.4 Å². The number of aliphatic hydroxyl groups is 1. The van der Waals surface area contributed by atoms with Gasteiger partial charge in [0.2, 0.25) is 11.8 Å². The van der Waals surface area contributed by atoms with E-state index in [-0.39, 0.29) is 17.6 Å². The Morgan fingerprint density at radius 2 is 1.89 bits per heavy atom. The van der Waals surface area contributed by atoms with Crippen molar-refractivity contribution in [2.24, 2.45) is 0 Å². The summed E-state index contributed by atoms with van der Waals surface area (Å²) in [6.45, 7) is 4.98. The maximum atomic E-state index is 13.1. The second-order valence-corrected chi connectivity index (χ2v) is 7.27. The van der Waals surface area contributed by atoms with E-state index < -0.39 is 11.6 Å².